The Balaban J connectivity index is 1.76. The van der Waals surface area contributed by atoms with Crippen molar-refractivity contribution >= 4 is 11.6 Å². The van der Waals surface area contributed by atoms with E-state index in [2.05, 4.69) is 15.7 Å². The number of anilines is 1. The minimum atomic E-state index is -0.0613. The highest BCUT2D eigenvalue weighted by atomic mass is 16.1. The van der Waals surface area contributed by atoms with Crippen LogP contribution in [0.3, 0.4) is 0 Å². The summed E-state index contributed by atoms with van der Waals surface area (Å²) in [6, 6.07) is 7.85. The Hall–Kier alpha value is -2.14. The van der Waals surface area contributed by atoms with Gasteiger partial charge in [-0.25, -0.2) is 0 Å². The number of amides is 1. The monoisotopic (exact) mass is 284 g/mol. The van der Waals surface area contributed by atoms with Gasteiger partial charge >= 0.3 is 0 Å². The van der Waals surface area contributed by atoms with Gasteiger partial charge in [0, 0.05) is 37.9 Å². The number of para-hydroxylation sites is 1. The highest BCUT2D eigenvalue weighted by Crippen LogP contribution is 2.29. The molecule has 0 spiro atoms. The molecule has 0 bridgehead atoms. The Labute approximate surface area is 124 Å². The molecule has 5 nitrogen and oxygen atoms in total. The van der Waals surface area contributed by atoms with Gasteiger partial charge < -0.3 is 10.6 Å². The van der Waals surface area contributed by atoms with Gasteiger partial charge in [-0.3, -0.25) is 9.48 Å². The molecule has 0 unspecified atom stereocenters. The summed E-state index contributed by atoms with van der Waals surface area (Å²) in [6.07, 6.45) is 3.84. The molecule has 1 saturated heterocycles. The van der Waals surface area contributed by atoms with Crippen molar-refractivity contribution < 1.29 is 4.79 Å². The van der Waals surface area contributed by atoms with Crippen molar-refractivity contribution in [2.45, 2.75) is 12.8 Å². The Kier molecular flexibility index (Phi) is 3.75. The quantitative estimate of drug-likeness (QED) is 0.901. The molecular formula is C16H20N4O. The summed E-state index contributed by atoms with van der Waals surface area (Å²) in [5, 5.41) is 10.6. The van der Waals surface area contributed by atoms with Crippen molar-refractivity contribution in [2.24, 2.45) is 13.0 Å². The molecule has 2 N–H and O–H groups in total. The van der Waals surface area contributed by atoms with Gasteiger partial charge in [-0.2, -0.15) is 5.10 Å². The van der Waals surface area contributed by atoms with Crippen molar-refractivity contribution in [1.82, 2.24) is 15.1 Å². The molecule has 1 fully saturated rings. The molecule has 2 heterocycles. The van der Waals surface area contributed by atoms with Crippen LogP contribution in [0.5, 0.6) is 0 Å². The fourth-order valence-electron chi connectivity index (χ4n) is 2.87. The number of hydrogen-bond donors (Lipinski definition) is 2. The minimum absolute atomic E-state index is 0.0613. The molecule has 1 amide bonds. The fraction of sp³-hybridized carbons (Fsp3) is 0.375. The number of aryl methyl sites for hydroxylation is 2. The summed E-state index contributed by atoms with van der Waals surface area (Å²) in [5.74, 6) is 0.194. The maximum Gasteiger partial charge on any atom is 0.229 e. The lowest BCUT2D eigenvalue weighted by Gasteiger charge is -2.17. The number of nitrogens with zero attached hydrogens (tertiary/aromatic N) is 2. The van der Waals surface area contributed by atoms with E-state index in [1.165, 1.54) is 0 Å². The van der Waals surface area contributed by atoms with E-state index in [0.29, 0.717) is 6.54 Å². The molecule has 1 aliphatic rings. The Bertz CT molecular complexity index is 649. The first-order valence-electron chi connectivity index (χ1n) is 7.21. The summed E-state index contributed by atoms with van der Waals surface area (Å²) in [7, 11) is 1.90. The summed E-state index contributed by atoms with van der Waals surface area (Å²) in [6.45, 7) is 3.52. The van der Waals surface area contributed by atoms with E-state index in [4.69, 9.17) is 0 Å². The van der Waals surface area contributed by atoms with Crippen molar-refractivity contribution in [1.29, 1.82) is 0 Å². The van der Waals surface area contributed by atoms with Crippen molar-refractivity contribution in [3.05, 3.63) is 47.8 Å². The van der Waals surface area contributed by atoms with Crippen LogP contribution in [-0.4, -0.2) is 28.8 Å². The van der Waals surface area contributed by atoms with Crippen molar-refractivity contribution in [3.8, 4) is 0 Å². The lowest BCUT2D eigenvalue weighted by Crippen LogP contribution is -2.28. The Morgan fingerprint density at radius 3 is 2.90 bits per heavy atom. The fourth-order valence-corrected chi connectivity index (χ4v) is 2.87. The van der Waals surface area contributed by atoms with E-state index < -0.39 is 0 Å². The number of rotatable bonds is 3. The molecular weight excluding hydrogens is 264 g/mol. The van der Waals surface area contributed by atoms with Crippen LogP contribution < -0.4 is 10.6 Å². The molecule has 21 heavy (non-hydrogen) atoms. The maximum atomic E-state index is 12.6. The molecule has 1 aliphatic heterocycles. The van der Waals surface area contributed by atoms with Gasteiger partial charge in [0.2, 0.25) is 5.91 Å². The van der Waals surface area contributed by atoms with Gasteiger partial charge in [0.05, 0.1) is 12.1 Å². The standard InChI is InChI=1S/C16H20N4O/c1-11-5-3-4-6-15(11)19-16(21)14-9-17-8-13(14)12-7-18-20(2)10-12/h3-7,10,13-14,17H,8-9H2,1-2H3,(H,19,21)/t13-,14+/m1/s1. The zero-order chi connectivity index (χ0) is 14.8. The van der Waals surface area contributed by atoms with Crippen LogP contribution >= 0.6 is 0 Å². The van der Waals surface area contributed by atoms with E-state index in [1.807, 2.05) is 50.6 Å². The van der Waals surface area contributed by atoms with Crippen LogP contribution in [-0.2, 0) is 11.8 Å². The Morgan fingerprint density at radius 2 is 2.19 bits per heavy atom. The average Bonchev–Trinajstić information content (AvgIpc) is 3.09. The molecule has 0 aliphatic carbocycles. The molecule has 2 aromatic rings. The zero-order valence-corrected chi connectivity index (χ0v) is 12.3. The van der Waals surface area contributed by atoms with Gasteiger partial charge in [0.1, 0.15) is 0 Å². The van der Waals surface area contributed by atoms with Crippen LogP contribution in [0.1, 0.15) is 17.0 Å². The minimum Gasteiger partial charge on any atom is -0.326 e. The highest BCUT2D eigenvalue weighted by molar-refractivity contribution is 5.94. The van der Waals surface area contributed by atoms with E-state index in [1.54, 1.807) is 4.68 Å². The Morgan fingerprint density at radius 1 is 1.38 bits per heavy atom. The van der Waals surface area contributed by atoms with Crippen LogP contribution in [0.4, 0.5) is 5.69 Å². The second-order valence-corrected chi connectivity index (χ2v) is 5.62. The van der Waals surface area contributed by atoms with E-state index >= 15 is 0 Å². The van der Waals surface area contributed by atoms with Crippen molar-refractivity contribution in [2.75, 3.05) is 18.4 Å². The highest BCUT2D eigenvalue weighted by Gasteiger charge is 2.34. The first kappa shape index (κ1) is 13.8. The summed E-state index contributed by atoms with van der Waals surface area (Å²) >= 11 is 0. The van der Waals surface area contributed by atoms with Crippen LogP contribution in [0.2, 0.25) is 0 Å². The third-order valence-electron chi connectivity index (χ3n) is 4.11. The van der Waals surface area contributed by atoms with Crippen LogP contribution in [0.15, 0.2) is 36.7 Å². The molecule has 2 atom stereocenters. The van der Waals surface area contributed by atoms with Gasteiger partial charge in [-0.05, 0) is 24.1 Å². The van der Waals surface area contributed by atoms with Crippen molar-refractivity contribution in [3.63, 3.8) is 0 Å². The van der Waals surface area contributed by atoms with E-state index in [9.17, 15) is 4.79 Å². The number of benzene rings is 1. The number of hydrogen-bond acceptors (Lipinski definition) is 3. The predicted octanol–water partition coefficient (Wildman–Crippen LogP) is 1.67. The third kappa shape index (κ3) is 2.83. The number of carbonyl (C=O) groups excluding carboxylic acids is 1. The molecule has 5 heteroatoms. The summed E-state index contributed by atoms with van der Waals surface area (Å²) in [5.41, 5.74) is 3.08. The molecule has 3 rings (SSSR count). The lowest BCUT2D eigenvalue weighted by molar-refractivity contribution is -0.119. The van der Waals surface area contributed by atoms with Gasteiger partial charge in [-0.15, -0.1) is 0 Å². The van der Waals surface area contributed by atoms with Crippen LogP contribution in [0, 0.1) is 12.8 Å². The largest absolute Gasteiger partial charge is 0.326 e. The molecule has 0 saturated carbocycles. The number of carbonyl (C=O) groups is 1. The molecule has 1 aromatic heterocycles. The maximum absolute atomic E-state index is 12.6. The summed E-state index contributed by atoms with van der Waals surface area (Å²) < 4.78 is 1.78. The normalized spacial score (nSPS) is 21.4. The van der Waals surface area contributed by atoms with Gasteiger partial charge in [0.25, 0.3) is 0 Å². The molecule has 110 valence electrons. The molecule has 0 radical (unpaired) electrons. The topological polar surface area (TPSA) is 59.0 Å². The second kappa shape index (κ2) is 5.69. The first-order valence-corrected chi connectivity index (χ1v) is 7.21. The SMILES string of the molecule is Cc1ccccc1NC(=O)[C@H]1CNC[C@@H]1c1cnn(C)c1. The lowest BCUT2D eigenvalue weighted by atomic mass is 9.90. The van der Waals surface area contributed by atoms with E-state index in [-0.39, 0.29) is 17.7 Å². The predicted molar refractivity (Wildman–Crippen MR) is 82.1 cm³/mol. The summed E-state index contributed by atoms with van der Waals surface area (Å²) in [4.78, 5) is 12.6. The third-order valence-corrected chi connectivity index (χ3v) is 4.11. The van der Waals surface area contributed by atoms with Gasteiger partial charge in [-0.1, -0.05) is 18.2 Å². The van der Waals surface area contributed by atoms with Gasteiger partial charge in [0.15, 0.2) is 0 Å². The average molecular weight is 284 g/mol. The number of nitrogens with one attached hydrogen (secondary N) is 2. The van der Waals surface area contributed by atoms with E-state index in [0.717, 1.165) is 23.4 Å². The zero-order valence-electron chi connectivity index (χ0n) is 12.3. The second-order valence-electron chi connectivity index (χ2n) is 5.62. The first-order chi connectivity index (χ1) is 10.1. The smallest absolute Gasteiger partial charge is 0.229 e. The number of aromatic nitrogens is 2. The van der Waals surface area contributed by atoms with Crippen LogP contribution in [0.25, 0.3) is 0 Å². The molecule has 1 aromatic carbocycles.